The van der Waals surface area contributed by atoms with Gasteiger partial charge in [-0.1, -0.05) is 12.1 Å². The number of morpholine rings is 1. The van der Waals surface area contributed by atoms with Crippen molar-refractivity contribution in [3.8, 4) is 0 Å². The zero-order valence-corrected chi connectivity index (χ0v) is 20.1. The van der Waals surface area contributed by atoms with Crippen LogP contribution in [0, 0.1) is 0 Å². The largest absolute Gasteiger partial charge is 0.372 e. The normalized spacial score (nSPS) is 21.8. The van der Waals surface area contributed by atoms with Gasteiger partial charge in [0.25, 0.3) is 0 Å². The van der Waals surface area contributed by atoms with E-state index in [1.54, 1.807) is 30.5 Å². The molecule has 0 radical (unpaired) electrons. The Kier molecular flexibility index (Phi) is 7.31. The molecule has 178 valence electrons. The van der Waals surface area contributed by atoms with Gasteiger partial charge in [-0.2, -0.15) is 4.31 Å². The molecule has 2 atom stereocenters. The number of nitrogens with zero attached hydrogens (tertiary/aromatic N) is 3. The van der Waals surface area contributed by atoms with Gasteiger partial charge in [0.05, 0.1) is 29.0 Å². The van der Waals surface area contributed by atoms with Crippen molar-refractivity contribution in [3.63, 3.8) is 0 Å². The highest BCUT2D eigenvalue weighted by Gasteiger charge is 2.27. The molecular formula is C24H32N4O4S. The van der Waals surface area contributed by atoms with Crippen LogP contribution in [0.2, 0.25) is 0 Å². The molecule has 0 aliphatic carbocycles. The number of rotatable bonds is 7. The van der Waals surface area contributed by atoms with E-state index in [0.29, 0.717) is 36.5 Å². The molecule has 0 bridgehead atoms. The Morgan fingerprint density at radius 2 is 1.73 bits per heavy atom. The number of pyridine rings is 1. The molecule has 2 aromatic rings. The van der Waals surface area contributed by atoms with Crippen LogP contribution in [0.1, 0.15) is 38.7 Å². The number of sulfonamides is 1. The molecule has 4 rings (SSSR count). The SMILES string of the molecule is CC1CN(c2ccc(NC(=O)CCc3ccc(S(=O)(=O)N4CCCC4)cc3)cn2)CC(C)O1. The van der Waals surface area contributed by atoms with Crippen molar-refractivity contribution < 1.29 is 17.9 Å². The molecule has 33 heavy (non-hydrogen) atoms. The molecule has 2 fully saturated rings. The Labute approximate surface area is 196 Å². The lowest BCUT2D eigenvalue weighted by Crippen LogP contribution is -2.45. The van der Waals surface area contributed by atoms with Crippen LogP contribution in [0.3, 0.4) is 0 Å². The van der Waals surface area contributed by atoms with Crippen LogP contribution in [0.15, 0.2) is 47.5 Å². The van der Waals surface area contributed by atoms with Crippen molar-refractivity contribution >= 4 is 27.4 Å². The molecule has 2 saturated heterocycles. The van der Waals surface area contributed by atoms with Crippen molar-refractivity contribution in [1.82, 2.24) is 9.29 Å². The van der Waals surface area contributed by atoms with Gasteiger partial charge in [0.2, 0.25) is 15.9 Å². The lowest BCUT2D eigenvalue weighted by molar-refractivity contribution is -0.116. The highest BCUT2D eigenvalue weighted by atomic mass is 32.2. The zero-order chi connectivity index (χ0) is 23.4. The number of hydrogen-bond donors (Lipinski definition) is 1. The van der Waals surface area contributed by atoms with E-state index in [1.807, 2.05) is 12.1 Å². The summed E-state index contributed by atoms with van der Waals surface area (Å²) in [6, 6.07) is 10.6. The van der Waals surface area contributed by atoms with Crippen molar-refractivity contribution in [3.05, 3.63) is 48.2 Å². The monoisotopic (exact) mass is 472 g/mol. The van der Waals surface area contributed by atoms with Gasteiger partial charge < -0.3 is 15.0 Å². The zero-order valence-electron chi connectivity index (χ0n) is 19.2. The average Bonchev–Trinajstić information content (AvgIpc) is 3.34. The molecule has 1 aromatic carbocycles. The lowest BCUT2D eigenvalue weighted by Gasteiger charge is -2.36. The Morgan fingerprint density at radius 1 is 1.06 bits per heavy atom. The van der Waals surface area contributed by atoms with E-state index >= 15 is 0 Å². The van der Waals surface area contributed by atoms with Crippen LogP contribution >= 0.6 is 0 Å². The molecule has 2 unspecified atom stereocenters. The minimum absolute atomic E-state index is 0.105. The minimum Gasteiger partial charge on any atom is -0.372 e. The second-order valence-electron chi connectivity index (χ2n) is 8.87. The Hall–Kier alpha value is -2.49. The van der Waals surface area contributed by atoms with Gasteiger partial charge in [-0.25, -0.2) is 13.4 Å². The average molecular weight is 473 g/mol. The molecule has 0 spiro atoms. The van der Waals surface area contributed by atoms with Crippen molar-refractivity contribution in [2.45, 2.75) is 56.6 Å². The standard InChI is InChI=1S/C24H32N4O4S/c1-18-16-27(17-19(2)32-18)23-11-8-21(15-25-23)26-24(29)12-7-20-5-9-22(10-6-20)33(30,31)28-13-3-4-14-28/h5-6,8-11,15,18-19H,3-4,7,12-14,16-17H2,1-2H3,(H,26,29). The molecule has 1 amide bonds. The summed E-state index contributed by atoms with van der Waals surface area (Å²) >= 11 is 0. The van der Waals surface area contributed by atoms with E-state index in [2.05, 4.69) is 29.0 Å². The smallest absolute Gasteiger partial charge is 0.243 e. The van der Waals surface area contributed by atoms with Crippen molar-refractivity contribution in [2.24, 2.45) is 0 Å². The summed E-state index contributed by atoms with van der Waals surface area (Å²) in [7, 11) is -3.41. The molecular weight excluding hydrogens is 440 g/mol. The quantitative estimate of drug-likeness (QED) is 0.666. The van der Waals surface area contributed by atoms with E-state index in [-0.39, 0.29) is 18.1 Å². The molecule has 1 N–H and O–H groups in total. The molecule has 2 aliphatic heterocycles. The first kappa shape index (κ1) is 23.7. The van der Waals surface area contributed by atoms with E-state index in [0.717, 1.165) is 37.3 Å². The maximum Gasteiger partial charge on any atom is 0.243 e. The van der Waals surface area contributed by atoms with Crippen LogP contribution in [0.25, 0.3) is 0 Å². The number of carbonyl (C=O) groups excluding carboxylic acids is 1. The van der Waals surface area contributed by atoms with Crippen LogP contribution in [-0.4, -0.2) is 62.0 Å². The Bertz CT molecular complexity index is 1040. The molecule has 8 nitrogen and oxygen atoms in total. The van der Waals surface area contributed by atoms with Crippen molar-refractivity contribution in [1.29, 1.82) is 0 Å². The summed E-state index contributed by atoms with van der Waals surface area (Å²) in [5.41, 5.74) is 1.58. The molecule has 3 heterocycles. The minimum atomic E-state index is -3.41. The van der Waals surface area contributed by atoms with Crippen LogP contribution in [0.5, 0.6) is 0 Å². The van der Waals surface area contributed by atoms with Gasteiger partial charge in [-0.15, -0.1) is 0 Å². The molecule has 9 heteroatoms. The van der Waals surface area contributed by atoms with Gasteiger partial charge in [-0.05, 0) is 62.9 Å². The van der Waals surface area contributed by atoms with Crippen LogP contribution in [-0.2, 0) is 26.0 Å². The van der Waals surface area contributed by atoms with Gasteiger partial charge >= 0.3 is 0 Å². The van der Waals surface area contributed by atoms with E-state index in [4.69, 9.17) is 4.74 Å². The van der Waals surface area contributed by atoms with Gasteiger partial charge in [0.1, 0.15) is 5.82 Å². The summed E-state index contributed by atoms with van der Waals surface area (Å²) in [6.07, 6.45) is 4.65. The van der Waals surface area contributed by atoms with E-state index in [1.165, 1.54) is 4.31 Å². The number of carbonyl (C=O) groups is 1. The third kappa shape index (κ3) is 5.90. The van der Waals surface area contributed by atoms with Crippen LogP contribution in [0.4, 0.5) is 11.5 Å². The number of amides is 1. The van der Waals surface area contributed by atoms with Gasteiger partial charge in [0, 0.05) is 32.6 Å². The number of anilines is 2. The molecule has 0 saturated carbocycles. The first-order chi connectivity index (χ1) is 15.8. The first-order valence-corrected chi connectivity index (χ1v) is 13.0. The summed E-state index contributed by atoms with van der Waals surface area (Å²) in [6.45, 7) is 6.87. The fourth-order valence-corrected chi connectivity index (χ4v) is 5.92. The number of benzene rings is 1. The Balaban J connectivity index is 1.28. The topological polar surface area (TPSA) is 91.8 Å². The summed E-state index contributed by atoms with van der Waals surface area (Å²) < 4.78 is 32.5. The number of aryl methyl sites for hydroxylation is 1. The summed E-state index contributed by atoms with van der Waals surface area (Å²) in [5, 5.41) is 2.89. The lowest BCUT2D eigenvalue weighted by atomic mass is 10.1. The second kappa shape index (κ2) is 10.2. The summed E-state index contributed by atoms with van der Waals surface area (Å²) in [4.78, 5) is 19.4. The van der Waals surface area contributed by atoms with Crippen LogP contribution < -0.4 is 10.2 Å². The third-order valence-corrected chi connectivity index (χ3v) is 7.95. The Morgan fingerprint density at radius 3 is 2.33 bits per heavy atom. The number of ether oxygens (including phenoxy) is 1. The number of nitrogens with one attached hydrogen (secondary N) is 1. The number of aromatic nitrogens is 1. The number of hydrogen-bond acceptors (Lipinski definition) is 6. The highest BCUT2D eigenvalue weighted by Crippen LogP contribution is 2.22. The van der Waals surface area contributed by atoms with Crippen molar-refractivity contribution in [2.75, 3.05) is 36.4 Å². The fraction of sp³-hybridized carbons (Fsp3) is 0.500. The maximum atomic E-state index is 12.6. The van der Waals surface area contributed by atoms with Gasteiger partial charge in [0.15, 0.2) is 0 Å². The van der Waals surface area contributed by atoms with E-state index in [9.17, 15) is 13.2 Å². The molecule has 2 aliphatic rings. The highest BCUT2D eigenvalue weighted by molar-refractivity contribution is 7.89. The predicted octanol–water partition coefficient (Wildman–Crippen LogP) is 3.05. The third-order valence-electron chi connectivity index (χ3n) is 6.04. The van der Waals surface area contributed by atoms with E-state index < -0.39 is 10.0 Å². The predicted molar refractivity (Wildman–Crippen MR) is 128 cm³/mol. The first-order valence-electron chi connectivity index (χ1n) is 11.6. The molecule has 1 aromatic heterocycles. The maximum absolute atomic E-state index is 12.6. The van der Waals surface area contributed by atoms with Gasteiger partial charge in [-0.3, -0.25) is 4.79 Å². The fourth-order valence-electron chi connectivity index (χ4n) is 4.40. The second-order valence-corrected chi connectivity index (χ2v) is 10.8. The summed E-state index contributed by atoms with van der Waals surface area (Å²) in [5.74, 6) is 0.769.